The average Bonchev–Trinajstić information content (AvgIpc) is 2.45. The average molecular weight is 216 g/mol. The first-order chi connectivity index (χ1) is 7.97. The fourth-order valence-electron chi connectivity index (χ4n) is 1.49. The third-order valence-electron chi connectivity index (χ3n) is 2.14. The van der Waals surface area contributed by atoms with Gasteiger partial charge in [0.25, 0.3) is 0 Å². The highest BCUT2D eigenvalue weighted by molar-refractivity contribution is 5.30. The van der Waals surface area contributed by atoms with Gasteiger partial charge in [-0.3, -0.25) is 0 Å². The topological polar surface area (TPSA) is 34.1 Å². The van der Waals surface area contributed by atoms with Crippen molar-refractivity contribution in [2.75, 3.05) is 0 Å². The van der Waals surface area contributed by atoms with Crippen molar-refractivity contribution in [1.82, 2.24) is 0 Å². The van der Waals surface area contributed by atoms with Crippen molar-refractivity contribution in [3.05, 3.63) is 60.2 Å². The Morgan fingerprint density at radius 2 is 1.38 bits per heavy atom. The molecule has 0 fully saturated rings. The Bertz CT molecular complexity index is 314. The third-order valence-corrected chi connectivity index (χ3v) is 2.14. The number of benzene rings is 1. The summed E-state index contributed by atoms with van der Waals surface area (Å²) in [6.45, 7) is 4.00. The molecule has 2 rings (SSSR count). The molecule has 0 aliphatic heterocycles. The Labute approximate surface area is 96.3 Å². The van der Waals surface area contributed by atoms with Gasteiger partial charge in [0.2, 0.25) is 0 Å². The molecule has 2 heteroatoms. The van der Waals surface area contributed by atoms with Gasteiger partial charge in [-0.2, -0.15) is 0 Å². The minimum atomic E-state index is 0.500. The lowest BCUT2D eigenvalue weighted by atomic mass is 9.95. The number of rotatable bonds is 1. The van der Waals surface area contributed by atoms with Crippen molar-refractivity contribution in [3.8, 4) is 0 Å². The summed E-state index contributed by atoms with van der Waals surface area (Å²) in [6, 6.07) is 10.6. The molecule has 84 valence electrons. The van der Waals surface area contributed by atoms with Gasteiger partial charge in [-0.05, 0) is 12.0 Å². The second-order valence-electron chi connectivity index (χ2n) is 3.03. The van der Waals surface area contributed by atoms with E-state index in [9.17, 15) is 0 Å². The molecule has 0 spiro atoms. The van der Waals surface area contributed by atoms with Crippen LogP contribution in [-0.2, 0) is 9.59 Å². The fraction of sp³-hybridized carbons (Fsp3) is 0.143. The zero-order chi connectivity index (χ0) is 12.2. The summed E-state index contributed by atoms with van der Waals surface area (Å²) in [5, 5.41) is 0. The second kappa shape index (κ2) is 9.59. The van der Waals surface area contributed by atoms with Crippen LogP contribution in [0.4, 0.5) is 0 Å². The molecular weight excluding hydrogens is 200 g/mol. The monoisotopic (exact) mass is 216 g/mol. The first-order valence-corrected chi connectivity index (χ1v) is 4.93. The van der Waals surface area contributed by atoms with Crippen molar-refractivity contribution >= 4 is 13.6 Å². The van der Waals surface area contributed by atoms with Crippen LogP contribution in [-0.4, -0.2) is 13.6 Å². The Morgan fingerprint density at radius 1 is 0.875 bits per heavy atom. The molecule has 0 heterocycles. The first-order valence-electron chi connectivity index (χ1n) is 4.93. The van der Waals surface area contributed by atoms with Crippen LogP contribution in [0.1, 0.15) is 17.9 Å². The zero-order valence-corrected chi connectivity index (χ0v) is 9.21. The molecule has 16 heavy (non-hydrogen) atoms. The first kappa shape index (κ1) is 14.0. The largest absolute Gasteiger partial charge is 0.307 e. The fourth-order valence-corrected chi connectivity index (χ4v) is 1.49. The highest BCUT2D eigenvalue weighted by atomic mass is 16.1. The van der Waals surface area contributed by atoms with Crippen molar-refractivity contribution in [3.63, 3.8) is 0 Å². The molecule has 1 aliphatic rings. The number of hydrogen-bond donors (Lipinski definition) is 0. The normalized spacial score (nSPS) is 13.0. The molecule has 0 atom stereocenters. The molecular formula is C14H16O2. The van der Waals surface area contributed by atoms with Crippen LogP contribution in [0.5, 0.6) is 0 Å². The van der Waals surface area contributed by atoms with E-state index in [0.717, 1.165) is 6.42 Å². The lowest BCUT2D eigenvalue weighted by Gasteiger charge is -2.10. The van der Waals surface area contributed by atoms with Crippen LogP contribution in [0.25, 0.3) is 0 Å². The van der Waals surface area contributed by atoms with Crippen LogP contribution >= 0.6 is 0 Å². The predicted molar refractivity (Wildman–Crippen MR) is 66.3 cm³/mol. The number of carbonyl (C=O) groups excluding carboxylic acids is 2. The second-order valence-corrected chi connectivity index (χ2v) is 3.03. The lowest BCUT2D eigenvalue weighted by molar-refractivity contribution is -0.0987. The summed E-state index contributed by atoms with van der Waals surface area (Å²) < 4.78 is 0. The van der Waals surface area contributed by atoms with Crippen molar-refractivity contribution in [1.29, 1.82) is 0 Å². The molecule has 0 saturated carbocycles. The Hall–Kier alpha value is -1.96. The summed E-state index contributed by atoms with van der Waals surface area (Å²) >= 11 is 0. The maximum atomic E-state index is 8.00. The van der Waals surface area contributed by atoms with Gasteiger partial charge in [-0.1, -0.05) is 54.6 Å². The van der Waals surface area contributed by atoms with Crippen molar-refractivity contribution < 1.29 is 9.59 Å². The predicted octanol–water partition coefficient (Wildman–Crippen LogP) is 2.92. The molecule has 0 saturated heterocycles. The van der Waals surface area contributed by atoms with Crippen LogP contribution in [0.15, 0.2) is 54.6 Å². The molecule has 1 aromatic rings. The highest BCUT2D eigenvalue weighted by Gasteiger charge is 2.03. The van der Waals surface area contributed by atoms with Gasteiger partial charge in [-0.15, -0.1) is 0 Å². The van der Waals surface area contributed by atoms with Crippen LogP contribution in [0.2, 0.25) is 0 Å². The summed E-state index contributed by atoms with van der Waals surface area (Å²) in [7, 11) is 0. The maximum absolute atomic E-state index is 8.00. The highest BCUT2D eigenvalue weighted by Crippen LogP contribution is 2.21. The summed E-state index contributed by atoms with van der Waals surface area (Å²) in [6.07, 6.45) is 10.0. The van der Waals surface area contributed by atoms with Crippen molar-refractivity contribution in [2.24, 2.45) is 0 Å². The smallest absolute Gasteiger partial charge is 0.106 e. The van der Waals surface area contributed by atoms with Gasteiger partial charge >= 0.3 is 0 Å². The maximum Gasteiger partial charge on any atom is 0.106 e. The van der Waals surface area contributed by atoms with E-state index in [1.165, 1.54) is 5.56 Å². The number of allylic oxidation sites excluding steroid dienone is 4. The standard InChI is InChI=1S/C12H12.2CH2O/c1-3-7-11(8-4-1)12-9-5-2-6-10-12;2*1-2/h1,3-10,12H,2H2;2*1H2. The lowest BCUT2D eigenvalue weighted by Crippen LogP contribution is -1.92. The van der Waals surface area contributed by atoms with E-state index >= 15 is 0 Å². The van der Waals surface area contributed by atoms with E-state index in [2.05, 4.69) is 54.6 Å². The van der Waals surface area contributed by atoms with E-state index in [-0.39, 0.29) is 0 Å². The third kappa shape index (κ3) is 4.51. The van der Waals surface area contributed by atoms with Gasteiger partial charge in [0.05, 0.1) is 0 Å². The van der Waals surface area contributed by atoms with Gasteiger partial charge in [0.15, 0.2) is 0 Å². The van der Waals surface area contributed by atoms with E-state index in [0.29, 0.717) is 5.92 Å². The van der Waals surface area contributed by atoms with Crippen LogP contribution in [0, 0.1) is 0 Å². The summed E-state index contributed by atoms with van der Waals surface area (Å²) in [4.78, 5) is 16.0. The van der Waals surface area contributed by atoms with Gasteiger partial charge in [0.1, 0.15) is 13.6 Å². The molecule has 0 amide bonds. The zero-order valence-electron chi connectivity index (χ0n) is 9.21. The van der Waals surface area contributed by atoms with Gasteiger partial charge < -0.3 is 9.59 Å². The quantitative estimate of drug-likeness (QED) is 0.676. The molecule has 0 bridgehead atoms. The molecule has 0 N–H and O–H groups in total. The molecule has 1 aliphatic carbocycles. The van der Waals surface area contributed by atoms with Crippen LogP contribution < -0.4 is 0 Å². The van der Waals surface area contributed by atoms with Crippen LogP contribution in [0.3, 0.4) is 0 Å². The van der Waals surface area contributed by atoms with Crippen molar-refractivity contribution in [2.45, 2.75) is 12.3 Å². The molecule has 0 unspecified atom stereocenters. The minimum absolute atomic E-state index is 0.500. The molecule has 2 nitrogen and oxygen atoms in total. The van der Waals surface area contributed by atoms with E-state index < -0.39 is 0 Å². The SMILES string of the molecule is C1=CC(c2ccccc2)C=CC1.C=O.C=O. The minimum Gasteiger partial charge on any atom is -0.307 e. The van der Waals surface area contributed by atoms with E-state index in [4.69, 9.17) is 9.59 Å². The number of carbonyl (C=O) groups is 2. The molecule has 1 aromatic carbocycles. The summed E-state index contributed by atoms with van der Waals surface area (Å²) in [5.41, 5.74) is 1.38. The van der Waals surface area contributed by atoms with Gasteiger partial charge in [0, 0.05) is 5.92 Å². The van der Waals surface area contributed by atoms with E-state index in [1.54, 1.807) is 0 Å². The number of hydrogen-bond acceptors (Lipinski definition) is 2. The summed E-state index contributed by atoms with van der Waals surface area (Å²) in [5.74, 6) is 0.500. The Morgan fingerprint density at radius 3 is 1.88 bits per heavy atom. The molecule has 0 radical (unpaired) electrons. The van der Waals surface area contributed by atoms with E-state index in [1.807, 2.05) is 13.6 Å². The Balaban J connectivity index is 0.000000509. The molecule has 0 aromatic heterocycles. The van der Waals surface area contributed by atoms with Gasteiger partial charge in [-0.25, -0.2) is 0 Å². The Kier molecular flexibility index (Phi) is 8.41.